The summed E-state index contributed by atoms with van der Waals surface area (Å²) in [4.78, 5) is 24.9. The molecule has 6 nitrogen and oxygen atoms in total. The number of benzene rings is 1. The fourth-order valence-corrected chi connectivity index (χ4v) is 1.52. The lowest BCUT2D eigenvalue weighted by molar-refractivity contribution is 0.0949. The van der Waals surface area contributed by atoms with Gasteiger partial charge in [-0.05, 0) is 30.7 Å². The second kappa shape index (κ2) is 4.82. The third kappa shape index (κ3) is 2.82. The zero-order valence-corrected chi connectivity index (χ0v) is 9.58. The number of halogens is 1. The lowest BCUT2D eigenvalue weighted by atomic mass is 10.1. The maximum absolute atomic E-state index is 13.1. The summed E-state index contributed by atoms with van der Waals surface area (Å²) >= 11 is 0. The van der Waals surface area contributed by atoms with E-state index in [1.54, 1.807) is 13.0 Å². The number of nitrogens with one attached hydrogen (secondary N) is 3. The van der Waals surface area contributed by atoms with E-state index >= 15 is 0 Å². The molecule has 18 heavy (non-hydrogen) atoms. The zero-order valence-electron chi connectivity index (χ0n) is 9.58. The summed E-state index contributed by atoms with van der Waals surface area (Å²) in [5, 5.41) is 8.34. The van der Waals surface area contributed by atoms with E-state index in [4.69, 9.17) is 0 Å². The van der Waals surface area contributed by atoms with Crippen molar-refractivity contribution in [2.45, 2.75) is 13.5 Å². The molecule has 1 aromatic heterocycles. The van der Waals surface area contributed by atoms with Gasteiger partial charge in [-0.1, -0.05) is 0 Å². The molecule has 1 amide bonds. The highest BCUT2D eigenvalue weighted by molar-refractivity contribution is 5.94. The summed E-state index contributed by atoms with van der Waals surface area (Å²) in [5.41, 5.74) is 0.444. The van der Waals surface area contributed by atoms with Crippen LogP contribution < -0.4 is 11.0 Å². The Bertz CT molecular complexity index is 612. The summed E-state index contributed by atoms with van der Waals surface area (Å²) in [5.74, 6) is -0.587. The van der Waals surface area contributed by atoms with Crippen LogP contribution in [0.1, 0.15) is 21.7 Å². The molecular formula is C11H11FN4O2. The number of nitrogens with zero attached hydrogens (tertiary/aromatic N) is 1. The minimum absolute atomic E-state index is 0.0626. The molecule has 0 saturated carbocycles. The SMILES string of the molecule is Cc1cc(F)cc(C(=O)NCc2n[nH]c(=O)[nH]2)c1. The summed E-state index contributed by atoms with van der Waals surface area (Å²) < 4.78 is 13.1. The van der Waals surface area contributed by atoms with Crippen molar-refractivity contribution < 1.29 is 9.18 Å². The highest BCUT2D eigenvalue weighted by atomic mass is 19.1. The van der Waals surface area contributed by atoms with Gasteiger partial charge >= 0.3 is 5.69 Å². The monoisotopic (exact) mass is 250 g/mol. The van der Waals surface area contributed by atoms with Gasteiger partial charge in [0.05, 0.1) is 6.54 Å². The Morgan fingerprint density at radius 3 is 2.83 bits per heavy atom. The Kier molecular flexibility index (Phi) is 3.22. The predicted octanol–water partition coefficient (Wildman–Crippen LogP) is 0.476. The topological polar surface area (TPSA) is 90.6 Å². The van der Waals surface area contributed by atoms with Crippen molar-refractivity contribution in [3.63, 3.8) is 0 Å². The Hall–Kier alpha value is -2.44. The van der Waals surface area contributed by atoms with Gasteiger partial charge in [0.25, 0.3) is 5.91 Å². The summed E-state index contributed by atoms with van der Waals surface area (Å²) in [6.07, 6.45) is 0. The van der Waals surface area contributed by atoms with Gasteiger partial charge in [-0.25, -0.2) is 14.3 Å². The molecule has 0 saturated heterocycles. The molecule has 0 aliphatic carbocycles. The van der Waals surface area contributed by atoms with Crippen LogP contribution in [0.4, 0.5) is 4.39 Å². The zero-order chi connectivity index (χ0) is 13.1. The van der Waals surface area contributed by atoms with Gasteiger partial charge in [0, 0.05) is 5.56 Å². The fourth-order valence-electron chi connectivity index (χ4n) is 1.52. The summed E-state index contributed by atoms with van der Waals surface area (Å²) in [7, 11) is 0. The number of aromatic nitrogens is 3. The number of aryl methyl sites for hydroxylation is 1. The Morgan fingerprint density at radius 1 is 1.44 bits per heavy atom. The Labute approximate surface area is 101 Å². The molecular weight excluding hydrogens is 239 g/mol. The van der Waals surface area contributed by atoms with E-state index in [-0.39, 0.29) is 12.1 Å². The van der Waals surface area contributed by atoms with Crippen LogP contribution in [0.25, 0.3) is 0 Å². The highest BCUT2D eigenvalue weighted by Crippen LogP contribution is 2.08. The summed E-state index contributed by atoms with van der Waals surface area (Å²) in [6, 6.07) is 4.06. The van der Waals surface area contributed by atoms with Crippen molar-refractivity contribution in [2.24, 2.45) is 0 Å². The molecule has 0 unspecified atom stereocenters. The van der Waals surface area contributed by atoms with Gasteiger partial charge in [-0.2, -0.15) is 5.10 Å². The maximum Gasteiger partial charge on any atom is 0.340 e. The van der Waals surface area contributed by atoms with E-state index in [9.17, 15) is 14.0 Å². The van der Waals surface area contributed by atoms with Crippen molar-refractivity contribution in [1.29, 1.82) is 0 Å². The highest BCUT2D eigenvalue weighted by Gasteiger charge is 2.08. The molecule has 3 N–H and O–H groups in total. The number of carbonyl (C=O) groups is 1. The van der Waals surface area contributed by atoms with Crippen molar-refractivity contribution in [1.82, 2.24) is 20.5 Å². The molecule has 0 aliphatic rings. The first-order valence-electron chi connectivity index (χ1n) is 5.23. The third-order valence-electron chi connectivity index (χ3n) is 2.27. The van der Waals surface area contributed by atoms with Gasteiger partial charge < -0.3 is 5.32 Å². The summed E-state index contributed by atoms with van der Waals surface area (Å²) in [6.45, 7) is 1.76. The quantitative estimate of drug-likeness (QED) is 0.739. The number of amides is 1. The van der Waals surface area contributed by atoms with Gasteiger partial charge in [-0.15, -0.1) is 0 Å². The number of hydrogen-bond acceptors (Lipinski definition) is 3. The number of rotatable bonds is 3. The van der Waals surface area contributed by atoms with Crippen LogP contribution in [0.5, 0.6) is 0 Å². The third-order valence-corrected chi connectivity index (χ3v) is 2.27. The average molecular weight is 250 g/mol. The minimum Gasteiger partial charge on any atom is -0.345 e. The van der Waals surface area contributed by atoms with E-state index in [0.29, 0.717) is 11.4 Å². The standard InChI is InChI=1S/C11H11FN4O2/c1-6-2-7(4-8(12)3-6)10(17)13-5-9-14-11(18)16-15-9/h2-4H,5H2,1H3,(H,13,17)(H2,14,15,16,18). The molecule has 0 atom stereocenters. The van der Waals surface area contributed by atoms with Crippen LogP contribution in [0, 0.1) is 12.7 Å². The van der Waals surface area contributed by atoms with Gasteiger partial charge in [0.2, 0.25) is 0 Å². The molecule has 1 aromatic carbocycles. The molecule has 0 bridgehead atoms. The second-order valence-corrected chi connectivity index (χ2v) is 3.82. The second-order valence-electron chi connectivity index (χ2n) is 3.82. The normalized spacial score (nSPS) is 10.3. The van der Waals surface area contributed by atoms with Crippen LogP contribution in [0.2, 0.25) is 0 Å². The van der Waals surface area contributed by atoms with E-state index in [2.05, 4.69) is 20.5 Å². The number of hydrogen-bond donors (Lipinski definition) is 3. The fraction of sp³-hybridized carbons (Fsp3) is 0.182. The molecule has 0 spiro atoms. The average Bonchev–Trinajstić information content (AvgIpc) is 2.70. The molecule has 94 valence electrons. The number of H-pyrrole nitrogens is 2. The van der Waals surface area contributed by atoms with E-state index in [1.807, 2.05) is 0 Å². The van der Waals surface area contributed by atoms with Crippen LogP contribution in [0.15, 0.2) is 23.0 Å². The van der Waals surface area contributed by atoms with Gasteiger partial charge in [0.1, 0.15) is 11.6 Å². The van der Waals surface area contributed by atoms with Crippen molar-refractivity contribution >= 4 is 5.91 Å². The lowest BCUT2D eigenvalue weighted by Crippen LogP contribution is -2.23. The molecule has 0 fully saturated rings. The van der Waals surface area contributed by atoms with Crippen LogP contribution in [-0.2, 0) is 6.54 Å². The molecule has 1 heterocycles. The molecule has 0 radical (unpaired) electrons. The van der Waals surface area contributed by atoms with E-state index < -0.39 is 17.4 Å². The van der Waals surface area contributed by atoms with Crippen LogP contribution in [-0.4, -0.2) is 21.1 Å². The maximum atomic E-state index is 13.1. The Balaban J connectivity index is 2.05. The lowest BCUT2D eigenvalue weighted by Gasteiger charge is -2.04. The Morgan fingerprint density at radius 2 is 2.22 bits per heavy atom. The van der Waals surface area contributed by atoms with Gasteiger partial charge in [0.15, 0.2) is 0 Å². The molecule has 2 rings (SSSR count). The largest absolute Gasteiger partial charge is 0.345 e. The van der Waals surface area contributed by atoms with Gasteiger partial charge in [-0.3, -0.25) is 9.78 Å². The predicted molar refractivity (Wildman–Crippen MR) is 61.5 cm³/mol. The van der Waals surface area contributed by atoms with Crippen LogP contribution in [0.3, 0.4) is 0 Å². The first-order valence-corrected chi connectivity index (χ1v) is 5.23. The van der Waals surface area contributed by atoms with Crippen molar-refractivity contribution in [3.8, 4) is 0 Å². The molecule has 2 aromatic rings. The van der Waals surface area contributed by atoms with Crippen molar-refractivity contribution in [2.75, 3.05) is 0 Å². The van der Waals surface area contributed by atoms with Crippen molar-refractivity contribution in [3.05, 3.63) is 51.5 Å². The molecule has 0 aliphatic heterocycles. The number of aromatic amines is 2. The molecule has 7 heteroatoms. The first-order chi connectivity index (χ1) is 8.54. The van der Waals surface area contributed by atoms with E-state index in [0.717, 1.165) is 6.07 Å². The van der Waals surface area contributed by atoms with Crippen LogP contribution >= 0.6 is 0 Å². The first kappa shape index (κ1) is 12.0. The number of carbonyl (C=O) groups excluding carboxylic acids is 1. The minimum atomic E-state index is -0.465. The van der Waals surface area contributed by atoms with E-state index in [1.165, 1.54) is 6.07 Å². The smallest absolute Gasteiger partial charge is 0.340 e.